The van der Waals surface area contributed by atoms with Crippen LogP contribution >= 0.6 is 11.8 Å². The number of aliphatic imine (C=N–C) groups is 1. The van der Waals surface area contributed by atoms with Crippen molar-refractivity contribution in [3.05, 3.63) is 42.1 Å². The molecular formula is C30H50N4OS. The summed E-state index contributed by atoms with van der Waals surface area (Å²) in [6.07, 6.45) is 21.7. The summed E-state index contributed by atoms with van der Waals surface area (Å²) in [5, 5.41) is 3.40. The number of hydrogen-bond donors (Lipinski definition) is 1. The third-order valence-electron chi connectivity index (χ3n) is 6.82. The van der Waals surface area contributed by atoms with Crippen molar-refractivity contribution in [1.82, 2.24) is 9.97 Å². The van der Waals surface area contributed by atoms with Crippen LogP contribution in [-0.2, 0) is 4.74 Å². The summed E-state index contributed by atoms with van der Waals surface area (Å²) in [5.74, 6) is 5.08. The van der Waals surface area contributed by atoms with E-state index in [1.807, 2.05) is 17.8 Å². The van der Waals surface area contributed by atoms with Crippen LogP contribution in [0.4, 0.5) is 5.95 Å². The highest BCUT2D eigenvalue weighted by Gasteiger charge is 2.17. The Bertz CT molecular complexity index is 793. The van der Waals surface area contributed by atoms with Gasteiger partial charge in [0.2, 0.25) is 5.95 Å². The second kappa shape index (κ2) is 18.4. The topological polar surface area (TPSA) is 59.4 Å². The zero-order valence-electron chi connectivity index (χ0n) is 23.4. The van der Waals surface area contributed by atoms with Crippen molar-refractivity contribution in [2.24, 2.45) is 22.7 Å². The molecule has 0 saturated heterocycles. The molecule has 0 aliphatic carbocycles. The molecular weight excluding hydrogens is 464 g/mol. The molecule has 3 atom stereocenters. The molecule has 2 rings (SSSR count). The van der Waals surface area contributed by atoms with Gasteiger partial charge in [0.1, 0.15) is 12.9 Å². The molecule has 1 aromatic heterocycles. The summed E-state index contributed by atoms with van der Waals surface area (Å²) < 4.78 is 5.45. The van der Waals surface area contributed by atoms with Crippen LogP contribution in [0.1, 0.15) is 92.4 Å². The minimum Gasteiger partial charge on any atom is -0.494 e. The molecule has 5 nitrogen and oxygen atoms in total. The number of nitrogens with one attached hydrogen (secondary N) is 1. The fourth-order valence-electron chi connectivity index (χ4n) is 4.45. The molecule has 1 aliphatic rings. The van der Waals surface area contributed by atoms with Crippen molar-refractivity contribution < 1.29 is 4.74 Å². The average molecular weight is 515 g/mol. The van der Waals surface area contributed by atoms with Crippen molar-refractivity contribution in [1.29, 1.82) is 0 Å². The Kier molecular flexibility index (Phi) is 15.6. The van der Waals surface area contributed by atoms with Crippen molar-refractivity contribution in [2.75, 3.05) is 23.4 Å². The Labute approximate surface area is 225 Å². The molecule has 0 fully saturated rings. The van der Waals surface area contributed by atoms with Gasteiger partial charge in [-0.25, -0.2) is 9.97 Å². The fourth-order valence-corrected chi connectivity index (χ4v) is 5.48. The molecule has 1 aromatic rings. The van der Waals surface area contributed by atoms with Gasteiger partial charge >= 0.3 is 0 Å². The van der Waals surface area contributed by atoms with E-state index in [0.717, 1.165) is 35.0 Å². The summed E-state index contributed by atoms with van der Waals surface area (Å²) >= 11 is 1.90. The van der Waals surface area contributed by atoms with Crippen LogP contribution in [0.3, 0.4) is 0 Å². The summed E-state index contributed by atoms with van der Waals surface area (Å²) in [6, 6.07) is 1.84. The molecule has 0 radical (unpaired) electrons. The highest BCUT2D eigenvalue weighted by atomic mass is 32.2. The first kappa shape index (κ1) is 30.4. The minimum absolute atomic E-state index is 0.0152. The van der Waals surface area contributed by atoms with Crippen molar-refractivity contribution in [3.8, 4) is 0 Å². The van der Waals surface area contributed by atoms with Gasteiger partial charge in [0.05, 0.1) is 11.7 Å². The number of rotatable bonds is 19. The molecule has 36 heavy (non-hydrogen) atoms. The predicted molar refractivity (Wildman–Crippen MR) is 158 cm³/mol. The van der Waals surface area contributed by atoms with E-state index < -0.39 is 0 Å². The van der Waals surface area contributed by atoms with Gasteiger partial charge < -0.3 is 10.1 Å². The lowest BCUT2D eigenvalue weighted by Gasteiger charge is -2.20. The average Bonchev–Trinajstić information content (AvgIpc) is 2.87. The minimum atomic E-state index is 0.0152. The molecule has 3 unspecified atom stereocenters. The second-order valence-electron chi connectivity index (χ2n) is 10.9. The second-order valence-corrected chi connectivity index (χ2v) is 12.0. The number of allylic oxidation sites excluding steroid dienone is 1. The fraction of sp³-hybridized carbons (Fsp3) is 0.700. The Balaban J connectivity index is 1.61. The smallest absolute Gasteiger partial charge is 0.223 e. The molecule has 6 heteroatoms. The van der Waals surface area contributed by atoms with Crippen LogP contribution in [0.2, 0.25) is 0 Å². The zero-order valence-corrected chi connectivity index (χ0v) is 24.2. The first-order valence-corrected chi connectivity index (χ1v) is 15.2. The maximum Gasteiger partial charge on any atom is 0.223 e. The van der Waals surface area contributed by atoms with Gasteiger partial charge in [-0.05, 0) is 43.6 Å². The van der Waals surface area contributed by atoms with Crippen molar-refractivity contribution in [2.45, 2.75) is 98.4 Å². The molecule has 0 aromatic carbocycles. The first-order chi connectivity index (χ1) is 17.4. The third-order valence-corrected chi connectivity index (χ3v) is 7.79. The van der Waals surface area contributed by atoms with Crippen molar-refractivity contribution >= 4 is 23.9 Å². The van der Waals surface area contributed by atoms with Crippen LogP contribution in [0.5, 0.6) is 0 Å². The first-order valence-electron chi connectivity index (χ1n) is 14.0. The zero-order chi connectivity index (χ0) is 26.0. The molecule has 2 heterocycles. The lowest BCUT2D eigenvalue weighted by Crippen LogP contribution is -2.27. The number of ether oxygens (including phenoxy) is 1. The summed E-state index contributed by atoms with van der Waals surface area (Å²) in [6.45, 7) is 12.4. The number of thioether (sulfide) groups is 1. The summed E-state index contributed by atoms with van der Waals surface area (Å²) in [7, 11) is 0. The van der Waals surface area contributed by atoms with E-state index in [1.165, 1.54) is 63.4 Å². The predicted octanol–water partition coefficient (Wildman–Crippen LogP) is 8.32. The molecule has 0 saturated carbocycles. The van der Waals surface area contributed by atoms with Crippen molar-refractivity contribution in [3.63, 3.8) is 0 Å². The lowest BCUT2D eigenvalue weighted by molar-refractivity contribution is 0.294. The number of hydrogen-bond acceptors (Lipinski definition) is 6. The lowest BCUT2D eigenvalue weighted by atomic mass is 9.91. The van der Waals surface area contributed by atoms with Gasteiger partial charge in [-0.3, -0.25) is 4.99 Å². The molecule has 0 spiro atoms. The van der Waals surface area contributed by atoms with E-state index in [1.54, 1.807) is 24.9 Å². The Morgan fingerprint density at radius 1 is 1.00 bits per heavy atom. The van der Waals surface area contributed by atoms with E-state index in [9.17, 15) is 0 Å². The van der Waals surface area contributed by atoms with Gasteiger partial charge in [0.15, 0.2) is 0 Å². The van der Waals surface area contributed by atoms with E-state index in [-0.39, 0.29) is 6.04 Å². The Morgan fingerprint density at radius 2 is 1.67 bits per heavy atom. The molecule has 0 bridgehead atoms. The van der Waals surface area contributed by atoms with Crippen LogP contribution in [-0.4, -0.2) is 40.3 Å². The summed E-state index contributed by atoms with van der Waals surface area (Å²) in [5.41, 5.74) is 2.39. The molecule has 202 valence electrons. The van der Waals surface area contributed by atoms with Gasteiger partial charge in [-0.1, -0.05) is 84.3 Å². The van der Waals surface area contributed by atoms with Crippen LogP contribution in [0.15, 0.2) is 47.1 Å². The standard InChI is InChI=1S/C30H50N4OS/c1-24(2)10-6-11-25(3)12-7-13-26(4)14-8-15-27(5)16-21-36-23-29(28-22-35-20-19-31-28)34-30-32-17-9-18-33-30/h9,16-19,22,24-26,29H,6-8,10-15,20-21,23H2,1-5H3,(H,32,33,34). The van der Waals surface area contributed by atoms with Crippen LogP contribution in [0, 0.1) is 17.8 Å². The van der Waals surface area contributed by atoms with Gasteiger partial charge in [-0.15, -0.1) is 0 Å². The van der Waals surface area contributed by atoms with E-state index in [4.69, 9.17) is 4.74 Å². The van der Waals surface area contributed by atoms with Crippen LogP contribution < -0.4 is 5.32 Å². The normalized spacial score (nSPS) is 16.4. The molecule has 0 amide bonds. The number of anilines is 1. The van der Waals surface area contributed by atoms with Gasteiger partial charge in [-0.2, -0.15) is 11.8 Å². The van der Waals surface area contributed by atoms with E-state index in [2.05, 4.69) is 61.0 Å². The number of nitrogens with zero attached hydrogens (tertiary/aromatic N) is 3. The largest absolute Gasteiger partial charge is 0.494 e. The monoisotopic (exact) mass is 514 g/mol. The maximum atomic E-state index is 5.45. The molecule has 1 N–H and O–H groups in total. The highest BCUT2D eigenvalue weighted by Crippen LogP contribution is 2.22. The van der Waals surface area contributed by atoms with E-state index in [0.29, 0.717) is 12.6 Å². The quantitative estimate of drug-likeness (QED) is 0.149. The molecule has 1 aliphatic heterocycles. The van der Waals surface area contributed by atoms with Gasteiger partial charge in [0.25, 0.3) is 0 Å². The summed E-state index contributed by atoms with van der Waals surface area (Å²) in [4.78, 5) is 13.1. The Morgan fingerprint density at radius 3 is 2.31 bits per heavy atom. The number of aromatic nitrogens is 2. The van der Waals surface area contributed by atoms with Crippen LogP contribution in [0.25, 0.3) is 0 Å². The Hall–Kier alpha value is -1.82. The van der Waals surface area contributed by atoms with Gasteiger partial charge in [0, 0.05) is 30.1 Å². The highest BCUT2D eigenvalue weighted by molar-refractivity contribution is 7.99. The maximum absolute atomic E-state index is 5.45. The third kappa shape index (κ3) is 14.1. The van der Waals surface area contributed by atoms with E-state index >= 15 is 0 Å². The SMILES string of the molecule is CC(=CCSCC(Nc1ncccn1)C1=COCC=N1)CCCC(C)CCCC(C)CCCC(C)C.